The smallest absolute Gasteiger partial charge is 0.410 e. The van der Waals surface area contributed by atoms with Crippen molar-refractivity contribution in [2.75, 3.05) is 27.2 Å². The zero-order chi connectivity index (χ0) is 15.1. The zero-order valence-electron chi connectivity index (χ0n) is 11.9. The molecule has 0 aliphatic rings. The maximum Gasteiger partial charge on any atom is 0.410 e. The highest BCUT2D eigenvalue weighted by molar-refractivity contribution is 7.80. The van der Waals surface area contributed by atoms with Crippen molar-refractivity contribution >= 4 is 35.4 Å². The fourth-order valence-corrected chi connectivity index (χ4v) is 1.15. The van der Waals surface area contributed by atoms with Crippen molar-refractivity contribution in [1.82, 2.24) is 4.90 Å². The molecule has 0 rings (SSSR count). The number of aliphatic imine (C=N–C) groups is 1. The van der Waals surface area contributed by atoms with E-state index < -0.39 is 17.7 Å². The first-order chi connectivity index (χ1) is 8.69. The highest BCUT2D eigenvalue weighted by Crippen LogP contribution is 2.08. The summed E-state index contributed by atoms with van der Waals surface area (Å²) in [4.78, 5) is 28.0. The van der Waals surface area contributed by atoms with Gasteiger partial charge in [-0.1, -0.05) is 12.2 Å². The summed E-state index contributed by atoms with van der Waals surface area (Å²) in [5.74, 6) is -0.464. The third-order valence-corrected chi connectivity index (χ3v) is 2.15. The number of hydrogen-bond donors (Lipinski definition) is 0. The van der Waals surface area contributed by atoms with Gasteiger partial charge in [0, 0.05) is 12.4 Å². The van der Waals surface area contributed by atoms with Gasteiger partial charge in [0.05, 0.1) is 19.4 Å². The van der Waals surface area contributed by atoms with Crippen molar-refractivity contribution in [2.24, 2.45) is 4.99 Å². The maximum atomic E-state index is 11.7. The van der Waals surface area contributed by atoms with Gasteiger partial charge >= 0.3 is 12.1 Å². The molecule has 0 bridgehead atoms. The minimum atomic E-state index is -0.563. The van der Waals surface area contributed by atoms with Crippen molar-refractivity contribution in [3.63, 3.8) is 0 Å². The number of hydrogen-bond acceptors (Lipinski definition) is 6. The monoisotopic (exact) mass is 288 g/mol. The quantitative estimate of drug-likeness (QED) is 0.435. The molecule has 108 valence electrons. The third kappa shape index (κ3) is 8.25. The van der Waals surface area contributed by atoms with E-state index >= 15 is 0 Å². The Kier molecular flexibility index (Phi) is 7.21. The Morgan fingerprint density at radius 2 is 1.95 bits per heavy atom. The lowest BCUT2D eigenvalue weighted by atomic mass is 10.2. The molecule has 0 atom stereocenters. The van der Waals surface area contributed by atoms with E-state index in [4.69, 9.17) is 17.0 Å². The third-order valence-electron chi connectivity index (χ3n) is 1.88. The molecule has 1 amide bonds. The highest BCUT2D eigenvalue weighted by Gasteiger charge is 2.20. The second kappa shape index (κ2) is 7.83. The van der Waals surface area contributed by atoms with E-state index in [0.29, 0.717) is 5.71 Å². The maximum absolute atomic E-state index is 11.7. The summed E-state index contributed by atoms with van der Waals surface area (Å²) in [5, 5.41) is 1.32. The van der Waals surface area contributed by atoms with E-state index in [2.05, 4.69) is 9.73 Å². The highest BCUT2D eigenvalue weighted by atomic mass is 32.1. The number of carbonyl (C=O) groups excluding carboxylic acids is 2. The van der Waals surface area contributed by atoms with Crippen molar-refractivity contribution < 1.29 is 19.1 Å². The Balaban J connectivity index is 4.50. The second-order valence-electron chi connectivity index (χ2n) is 4.84. The first-order valence-electron chi connectivity index (χ1n) is 5.69. The fraction of sp³-hybridized carbons (Fsp3) is 0.667. The molecule has 0 saturated carbocycles. The van der Waals surface area contributed by atoms with E-state index in [1.54, 1.807) is 27.8 Å². The average molecular weight is 288 g/mol. The minimum absolute atomic E-state index is 0.124. The van der Waals surface area contributed by atoms with Crippen LogP contribution in [0.3, 0.4) is 0 Å². The molecule has 0 saturated heterocycles. The molecule has 0 aliphatic carbocycles. The Morgan fingerprint density at radius 1 is 1.37 bits per heavy atom. The lowest BCUT2D eigenvalue weighted by molar-refractivity contribution is -0.138. The number of methoxy groups -OCH3 is 1. The first kappa shape index (κ1) is 17.5. The molecule has 0 aromatic rings. The summed E-state index contributed by atoms with van der Waals surface area (Å²) < 4.78 is 9.65. The van der Waals surface area contributed by atoms with Crippen LogP contribution in [0.1, 0.15) is 20.8 Å². The van der Waals surface area contributed by atoms with Crippen molar-refractivity contribution in [3.8, 4) is 0 Å². The molecule has 0 radical (unpaired) electrons. The molecule has 0 aromatic carbocycles. The standard InChI is InChI=1S/C12H20N2O4S/c1-12(2,3)18-11(16)14(4)7-9(8-19)13-6-10(15)17-5/h8H,6-7H2,1-5H3. The lowest BCUT2D eigenvalue weighted by Gasteiger charge is -2.24. The molecule has 0 unspecified atom stereocenters. The van der Waals surface area contributed by atoms with E-state index in [-0.39, 0.29) is 13.1 Å². The van der Waals surface area contributed by atoms with Gasteiger partial charge in [-0.25, -0.2) is 4.79 Å². The van der Waals surface area contributed by atoms with Crippen LogP contribution in [0.2, 0.25) is 0 Å². The Morgan fingerprint density at radius 3 is 2.37 bits per heavy atom. The molecular weight excluding hydrogens is 268 g/mol. The number of esters is 1. The topological polar surface area (TPSA) is 68.2 Å². The summed E-state index contributed by atoms with van der Waals surface area (Å²) >= 11 is 4.79. The van der Waals surface area contributed by atoms with Crippen LogP contribution in [0.15, 0.2) is 4.99 Å². The fourth-order valence-electron chi connectivity index (χ4n) is 1.00. The van der Waals surface area contributed by atoms with Crippen LogP contribution >= 0.6 is 12.2 Å². The average Bonchev–Trinajstić information content (AvgIpc) is 2.31. The Bertz CT molecular complexity index is 374. The van der Waals surface area contributed by atoms with Gasteiger partial charge in [-0.05, 0) is 20.8 Å². The van der Waals surface area contributed by atoms with Crippen LogP contribution in [-0.2, 0) is 14.3 Å². The Hall–Kier alpha value is -1.50. The van der Waals surface area contributed by atoms with E-state index in [9.17, 15) is 9.59 Å². The molecule has 7 heteroatoms. The van der Waals surface area contributed by atoms with Crippen LogP contribution in [-0.4, -0.2) is 60.9 Å². The molecule has 0 fully saturated rings. The largest absolute Gasteiger partial charge is 0.468 e. The number of thiocarbonyl (C=S) groups is 1. The van der Waals surface area contributed by atoms with Gasteiger partial charge in [0.25, 0.3) is 0 Å². The second-order valence-corrected chi connectivity index (χ2v) is 5.07. The van der Waals surface area contributed by atoms with E-state index in [0.717, 1.165) is 0 Å². The van der Waals surface area contributed by atoms with Crippen molar-refractivity contribution in [1.29, 1.82) is 0 Å². The molecule has 0 aromatic heterocycles. The minimum Gasteiger partial charge on any atom is -0.468 e. The Labute approximate surface area is 118 Å². The van der Waals surface area contributed by atoms with Crippen LogP contribution < -0.4 is 0 Å². The number of ether oxygens (including phenoxy) is 2. The van der Waals surface area contributed by atoms with Crippen LogP contribution in [0.25, 0.3) is 0 Å². The molecule has 6 nitrogen and oxygen atoms in total. The number of nitrogens with zero attached hydrogens (tertiary/aromatic N) is 2. The van der Waals surface area contributed by atoms with Gasteiger partial charge in [0.2, 0.25) is 0 Å². The number of amides is 1. The SMILES string of the molecule is COC(=O)CN=C(C=S)CN(C)C(=O)OC(C)(C)C. The first-order valence-corrected chi connectivity index (χ1v) is 6.16. The van der Waals surface area contributed by atoms with Gasteiger partial charge in [-0.2, -0.15) is 0 Å². The molecule has 0 spiro atoms. The summed E-state index contributed by atoms with van der Waals surface area (Å²) in [5.41, 5.74) is -0.124. The van der Waals surface area contributed by atoms with Gasteiger partial charge in [-0.3, -0.25) is 9.79 Å². The molecule has 0 aliphatic heterocycles. The molecule has 19 heavy (non-hydrogen) atoms. The summed E-state index contributed by atoms with van der Waals surface area (Å²) in [7, 11) is 2.85. The molecule has 0 heterocycles. The summed E-state index contributed by atoms with van der Waals surface area (Å²) in [6, 6.07) is 0. The van der Waals surface area contributed by atoms with E-state index in [1.807, 2.05) is 0 Å². The van der Waals surface area contributed by atoms with E-state index in [1.165, 1.54) is 17.4 Å². The van der Waals surface area contributed by atoms with Gasteiger partial charge in [0.15, 0.2) is 0 Å². The van der Waals surface area contributed by atoms with Crippen molar-refractivity contribution in [3.05, 3.63) is 0 Å². The molecule has 0 N–H and O–H groups in total. The number of rotatable bonds is 5. The number of carbonyl (C=O) groups is 2. The van der Waals surface area contributed by atoms with Gasteiger partial charge in [0.1, 0.15) is 12.1 Å². The van der Waals surface area contributed by atoms with Crippen LogP contribution in [0, 0.1) is 0 Å². The summed E-state index contributed by atoms with van der Waals surface area (Å²) in [6.45, 7) is 5.40. The predicted molar refractivity (Wildman–Crippen MR) is 76.8 cm³/mol. The van der Waals surface area contributed by atoms with Crippen LogP contribution in [0.4, 0.5) is 4.79 Å². The van der Waals surface area contributed by atoms with Crippen molar-refractivity contribution in [2.45, 2.75) is 26.4 Å². The lowest BCUT2D eigenvalue weighted by Crippen LogP contribution is -2.37. The summed E-state index contributed by atoms with van der Waals surface area (Å²) in [6.07, 6.45) is -0.477. The molecular formula is C12H20N2O4S. The van der Waals surface area contributed by atoms with Gasteiger partial charge < -0.3 is 14.4 Å². The van der Waals surface area contributed by atoms with Crippen LogP contribution in [0.5, 0.6) is 0 Å². The zero-order valence-corrected chi connectivity index (χ0v) is 12.7. The predicted octanol–water partition coefficient (Wildman–Crippen LogP) is 1.47. The van der Waals surface area contributed by atoms with Gasteiger partial charge in [-0.15, -0.1) is 0 Å². The normalized spacial score (nSPS) is 11.7.